The number of hydrogen-bond donors (Lipinski definition) is 1. The van der Waals surface area contributed by atoms with Crippen molar-refractivity contribution < 1.29 is 9.53 Å². The van der Waals surface area contributed by atoms with Crippen LogP contribution < -0.4 is 16.0 Å². The number of rotatable bonds is 5. The van der Waals surface area contributed by atoms with E-state index in [0.29, 0.717) is 37.4 Å². The lowest BCUT2D eigenvalue weighted by atomic mass is 9.97. The Labute approximate surface area is 177 Å². The summed E-state index contributed by atoms with van der Waals surface area (Å²) in [5, 5.41) is 4.50. The zero-order chi connectivity index (χ0) is 21.5. The highest BCUT2D eigenvalue weighted by atomic mass is 16.5. The summed E-state index contributed by atoms with van der Waals surface area (Å²) in [5.74, 6) is 1.08. The van der Waals surface area contributed by atoms with Crippen molar-refractivity contribution in [2.75, 3.05) is 19.7 Å². The molecule has 3 aromatic heterocycles. The molecule has 1 aliphatic carbocycles. The zero-order valence-electron chi connectivity index (χ0n) is 17.3. The number of hydrogen-bond acceptors (Lipinski definition) is 6. The van der Waals surface area contributed by atoms with Crippen molar-refractivity contribution in [3.8, 4) is 5.88 Å². The smallest absolute Gasteiger partial charge is 0.328 e. The zero-order valence-corrected chi connectivity index (χ0v) is 17.3. The first-order valence-electron chi connectivity index (χ1n) is 10.6. The van der Waals surface area contributed by atoms with E-state index in [1.54, 1.807) is 9.42 Å². The third-order valence-electron chi connectivity index (χ3n) is 6.09. The molecule has 1 saturated heterocycles. The molecule has 4 heterocycles. The average molecular weight is 424 g/mol. The Balaban J connectivity index is 1.17. The first-order chi connectivity index (χ1) is 15.0. The van der Waals surface area contributed by atoms with Crippen molar-refractivity contribution in [3.63, 3.8) is 0 Å². The molecule has 0 aromatic carbocycles. The van der Waals surface area contributed by atoms with Crippen LogP contribution in [0.15, 0.2) is 34.1 Å². The Morgan fingerprint density at radius 2 is 1.97 bits per heavy atom. The van der Waals surface area contributed by atoms with Crippen molar-refractivity contribution in [2.24, 2.45) is 13.0 Å². The summed E-state index contributed by atoms with van der Waals surface area (Å²) < 4.78 is 8.59. The van der Waals surface area contributed by atoms with E-state index in [-0.39, 0.29) is 11.5 Å². The van der Waals surface area contributed by atoms with Gasteiger partial charge in [-0.2, -0.15) is 0 Å². The molecule has 10 heteroatoms. The molecule has 2 fully saturated rings. The molecule has 0 spiro atoms. The second-order valence-corrected chi connectivity index (χ2v) is 8.33. The summed E-state index contributed by atoms with van der Waals surface area (Å²) in [6, 6.07) is 3.75. The maximum Gasteiger partial charge on any atom is 0.328 e. The number of nitrogens with zero attached hydrogens (tertiary/aromatic N) is 5. The van der Waals surface area contributed by atoms with Crippen LogP contribution in [-0.2, 0) is 7.05 Å². The summed E-state index contributed by atoms with van der Waals surface area (Å²) >= 11 is 0. The standard InChI is InChI=1S/C21H24N6O4/c1-25-19(28)15(10-22-21(25)30)20(29)26-8-6-13(7-9-26)12-31-18-5-4-17-23-16(14-2-3-14)11-27(17)24-18/h4-5,10-11,13-14H,2-3,6-9,12H2,1H3,(H,22,30). The van der Waals surface area contributed by atoms with E-state index in [4.69, 9.17) is 4.74 Å². The van der Waals surface area contributed by atoms with Gasteiger partial charge in [0.15, 0.2) is 5.65 Å². The van der Waals surface area contributed by atoms with Gasteiger partial charge in [-0.15, -0.1) is 5.10 Å². The number of ether oxygens (including phenoxy) is 1. The number of aromatic amines is 1. The Morgan fingerprint density at radius 3 is 2.71 bits per heavy atom. The molecule has 1 N–H and O–H groups in total. The summed E-state index contributed by atoms with van der Waals surface area (Å²) in [4.78, 5) is 45.0. The fourth-order valence-corrected chi connectivity index (χ4v) is 3.93. The van der Waals surface area contributed by atoms with Crippen LogP contribution >= 0.6 is 0 Å². The van der Waals surface area contributed by atoms with Crippen LogP contribution in [0.4, 0.5) is 0 Å². The fourth-order valence-electron chi connectivity index (χ4n) is 3.93. The lowest BCUT2D eigenvalue weighted by Gasteiger charge is -2.31. The molecule has 31 heavy (non-hydrogen) atoms. The number of nitrogens with one attached hydrogen (secondary N) is 1. The third kappa shape index (κ3) is 3.85. The second kappa shape index (κ2) is 7.68. The molecule has 10 nitrogen and oxygen atoms in total. The van der Waals surface area contributed by atoms with Crippen LogP contribution in [0.2, 0.25) is 0 Å². The minimum atomic E-state index is -0.579. The van der Waals surface area contributed by atoms with Gasteiger partial charge in [0.25, 0.3) is 11.5 Å². The van der Waals surface area contributed by atoms with E-state index >= 15 is 0 Å². The van der Waals surface area contributed by atoms with Crippen LogP contribution in [0.1, 0.15) is 47.7 Å². The molecular weight excluding hydrogens is 400 g/mol. The largest absolute Gasteiger partial charge is 0.476 e. The van der Waals surface area contributed by atoms with Crippen molar-refractivity contribution in [1.29, 1.82) is 0 Å². The number of carbonyl (C=O) groups is 1. The minimum absolute atomic E-state index is 0.0137. The van der Waals surface area contributed by atoms with Gasteiger partial charge in [-0.3, -0.25) is 14.2 Å². The van der Waals surface area contributed by atoms with Crippen LogP contribution in [0, 0.1) is 5.92 Å². The molecule has 0 unspecified atom stereocenters. The molecule has 0 radical (unpaired) electrons. The highest BCUT2D eigenvalue weighted by molar-refractivity contribution is 5.93. The van der Waals surface area contributed by atoms with Crippen LogP contribution in [0.3, 0.4) is 0 Å². The molecule has 1 amide bonds. The molecular formula is C21H24N6O4. The van der Waals surface area contributed by atoms with Crippen LogP contribution in [0.5, 0.6) is 5.88 Å². The summed E-state index contributed by atoms with van der Waals surface area (Å²) in [5.41, 5.74) is 0.794. The van der Waals surface area contributed by atoms with E-state index in [0.717, 1.165) is 28.7 Å². The predicted octanol–water partition coefficient (Wildman–Crippen LogP) is 0.925. The summed E-state index contributed by atoms with van der Waals surface area (Å²) in [7, 11) is 1.35. The first-order valence-corrected chi connectivity index (χ1v) is 10.6. The Hall–Kier alpha value is -3.43. The number of piperidine rings is 1. The van der Waals surface area contributed by atoms with Gasteiger partial charge in [0.05, 0.1) is 18.5 Å². The monoisotopic (exact) mass is 424 g/mol. The Kier molecular flexibility index (Phi) is 4.84. The van der Waals surface area contributed by atoms with Crippen molar-refractivity contribution in [2.45, 2.75) is 31.6 Å². The molecule has 3 aromatic rings. The lowest BCUT2D eigenvalue weighted by Crippen LogP contribution is -2.44. The highest BCUT2D eigenvalue weighted by Gasteiger charge is 2.27. The molecule has 5 rings (SSSR count). The van der Waals surface area contributed by atoms with Gasteiger partial charge in [0.2, 0.25) is 5.88 Å². The number of H-pyrrole nitrogens is 1. The van der Waals surface area contributed by atoms with Gasteiger partial charge < -0.3 is 14.6 Å². The number of likely N-dealkylation sites (tertiary alicyclic amines) is 1. The van der Waals surface area contributed by atoms with Gasteiger partial charge in [0, 0.05) is 38.3 Å². The van der Waals surface area contributed by atoms with E-state index in [1.807, 2.05) is 18.3 Å². The van der Waals surface area contributed by atoms with E-state index < -0.39 is 11.2 Å². The molecule has 162 valence electrons. The fraction of sp³-hybridized carbons (Fsp3) is 0.476. The maximum atomic E-state index is 12.7. The SMILES string of the molecule is Cn1c(=O)[nH]cc(C(=O)N2CCC(COc3ccc4nc(C5CC5)cn4n3)CC2)c1=O. The molecule has 0 bridgehead atoms. The van der Waals surface area contributed by atoms with Gasteiger partial charge in [-0.1, -0.05) is 0 Å². The summed E-state index contributed by atoms with van der Waals surface area (Å²) in [6.45, 7) is 1.59. The Bertz CT molecular complexity index is 1250. The first kappa shape index (κ1) is 19.5. The maximum absolute atomic E-state index is 12.7. The van der Waals surface area contributed by atoms with Crippen LogP contribution in [-0.4, -0.2) is 54.7 Å². The number of carbonyl (C=O) groups excluding carboxylic acids is 1. The van der Waals surface area contributed by atoms with Gasteiger partial charge in [-0.05, 0) is 37.7 Å². The molecule has 0 atom stereocenters. The van der Waals surface area contributed by atoms with Crippen LogP contribution in [0.25, 0.3) is 5.65 Å². The van der Waals surface area contributed by atoms with Gasteiger partial charge in [-0.25, -0.2) is 14.3 Å². The second-order valence-electron chi connectivity index (χ2n) is 8.33. The molecule has 1 saturated carbocycles. The number of amides is 1. The normalized spacial score (nSPS) is 17.3. The average Bonchev–Trinajstić information content (AvgIpc) is 3.55. The summed E-state index contributed by atoms with van der Waals surface area (Å²) in [6.07, 6.45) is 7.12. The van der Waals surface area contributed by atoms with E-state index in [9.17, 15) is 14.4 Å². The van der Waals surface area contributed by atoms with Crippen molar-refractivity contribution in [3.05, 3.63) is 56.6 Å². The van der Waals surface area contributed by atoms with Crippen molar-refractivity contribution >= 4 is 11.6 Å². The number of imidazole rings is 1. The van der Waals surface area contributed by atoms with E-state index in [1.165, 1.54) is 26.1 Å². The number of fused-ring (bicyclic) bond motifs is 1. The molecule has 2 aliphatic rings. The minimum Gasteiger partial charge on any atom is -0.476 e. The van der Waals surface area contributed by atoms with Gasteiger partial charge in [0.1, 0.15) is 5.56 Å². The molecule has 1 aliphatic heterocycles. The van der Waals surface area contributed by atoms with E-state index in [2.05, 4.69) is 15.1 Å². The highest BCUT2D eigenvalue weighted by Crippen LogP contribution is 2.39. The van der Waals surface area contributed by atoms with Gasteiger partial charge >= 0.3 is 5.69 Å². The Morgan fingerprint density at radius 1 is 1.19 bits per heavy atom. The topological polar surface area (TPSA) is 115 Å². The number of aromatic nitrogens is 5. The quantitative estimate of drug-likeness (QED) is 0.652. The lowest BCUT2D eigenvalue weighted by molar-refractivity contribution is 0.0656. The third-order valence-corrected chi connectivity index (χ3v) is 6.09. The van der Waals surface area contributed by atoms with Crippen molar-refractivity contribution in [1.82, 2.24) is 29.0 Å². The predicted molar refractivity (Wildman–Crippen MR) is 111 cm³/mol.